The van der Waals surface area contributed by atoms with Crippen LogP contribution in [-0.4, -0.2) is 55.5 Å². The second-order valence-electron chi connectivity index (χ2n) is 11.0. The fraction of sp³-hybridized carbons (Fsp3) is 0.265. The van der Waals surface area contributed by atoms with E-state index < -0.39 is 29.6 Å². The van der Waals surface area contributed by atoms with Gasteiger partial charge in [-0.25, -0.2) is 9.59 Å². The number of nitrogens with one attached hydrogen (secondary N) is 1. The van der Waals surface area contributed by atoms with Gasteiger partial charge in [-0.15, -0.1) is 0 Å². The highest BCUT2D eigenvalue weighted by Crippen LogP contribution is 2.38. The van der Waals surface area contributed by atoms with Gasteiger partial charge in [-0.3, -0.25) is 9.36 Å². The van der Waals surface area contributed by atoms with Crippen LogP contribution in [0.4, 0.5) is 4.79 Å². The Kier molecular flexibility index (Phi) is 10.5. The molecule has 0 saturated heterocycles. The first-order valence-electron chi connectivity index (χ1n) is 14.0. The number of amides is 1. The lowest BCUT2D eigenvalue weighted by Gasteiger charge is -2.21. The number of aromatic nitrogens is 1. The molecule has 0 fully saturated rings. The van der Waals surface area contributed by atoms with Crippen molar-refractivity contribution in [1.82, 2.24) is 9.88 Å². The molecule has 3 aromatic carbocycles. The fourth-order valence-electron chi connectivity index (χ4n) is 4.77. The van der Waals surface area contributed by atoms with E-state index in [1.165, 1.54) is 23.8 Å². The molecule has 45 heavy (non-hydrogen) atoms. The maximum atomic E-state index is 13.4. The minimum absolute atomic E-state index is 0.0232. The summed E-state index contributed by atoms with van der Waals surface area (Å²) in [5.41, 5.74) is 2.65. The number of hydrogen-bond acceptors (Lipinski definition) is 7. The summed E-state index contributed by atoms with van der Waals surface area (Å²) < 4.78 is 22.8. The van der Waals surface area contributed by atoms with Gasteiger partial charge in [0.2, 0.25) is 0 Å². The molecular formula is C34H34Cl2N2O7. The molecule has 4 aromatic rings. The van der Waals surface area contributed by atoms with Gasteiger partial charge in [0.25, 0.3) is 5.91 Å². The van der Waals surface area contributed by atoms with E-state index in [1.807, 2.05) is 42.5 Å². The number of rotatable bonds is 9. The molecule has 1 aromatic heterocycles. The van der Waals surface area contributed by atoms with E-state index in [9.17, 15) is 14.4 Å². The lowest BCUT2D eigenvalue weighted by atomic mass is 9.99. The molecule has 1 amide bonds. The zero-order chi connectivity index (χ0) is 32.9. The van der Waals surface area contributed by atoms with E-state index in [2.05, 4.69) is 5.32 Å². The number of benzene rings is 3. The van der Waals surface area contributed by atoms with Crippen LogP contribution in [0.25, 0.3) is 22.4 Å². The van der Waals surface area contributed by atoms with E-state index in [4.69, 9.17) is 42.1 Å². The fourth-order valence-corrected chi connectivity index (χ4v) is 5.43. The molecule has 0 aliphatic heterocycles. The number of ether oxygens (including phenoxy) is 4. The standard InChI is InChI=1S/C34H34Cl2N2O7/c1-34(2,3)45-33(41)38-16-8-9-26(38)22-18-23(35)30(24(36)19-22)31(39)37-25(32(40)44-6)17-20-12-14-21(15-13-20)29-27(42-4)10-7-11-28(29)43-5/h7-16,18-19,25H,17H2,1-6H3,(H,37,39)/t25-/m0/s1. The van der Waals surface area contributed by atoms with Crippen molar-refractivity contribution in [3.05, 3.63) is 94.1 Å². The predicted octanol–water partition coefficient (Wildman–Crippen LogP) is 7.44. The SMILES string of the molecule is COC(=O)[C@H](Cc1ccc(-c2c(OC)cccc2OC)cc1)NC(=O)c1c(Cl)cc(-c2cccn2C(=O)OC(C)(C)C)cc1Cl. The van der Waals surface area contributed by atoms with Gasteiger partial charge in [-0.2, -0.15) is 0 Å². The summed E-state index contributed by atoms with van der Waals surface area (Å²) in [6.07, 6.45) is 1.12. The molecule has 1 atom stereocenters. The molecule has 0 radical (unpaired) electrons. The third-order valence-corrected chi connectivity index (χ3v) is 7.40. The maximum absolute atomic E-state index is 13.4. The summed E-state index contributed by atoms with van der Waals surface area (Å²) in [5.74, 6) is 0.00181. The van der Waals surface area contributed by atoms with Crippen molar-refractivity contribution in [2.75, 3.05) is 21.3 Å². The molecule has 0 aliphatic carbocycles. The van der Waals surface area contributed by atoms with E-state index in [0.29, 0.717) is 22.8 Å². The largest absolute Gasteiger partial charge is 0.496 e. The third kappa shape index (κ3) is 7.79. The first-order valence-corrected chi connectivity index (χ1v) is 14.7. The number of methoxy groups -OCH3 is 3. The number of carbonyl (C=O) groups excluding carboxylic acids is 3. The Morgan fingerprint density at radius 2 is 1.44 bits per heavy atom. The molecule has 11 heteroatoms. The van der Waals surface area contributed by atoms with Crippen LogP contribution in [0, 0.1) is 0 Å². The predicted molar refractivity (Wildman–Crippen MR) is 173 cm³/mol. The summed E-state index contributed by atoms with van der Waals surface area (Å²) in [6.45, 7) is 5.31. The summed E-state index contributed by atoms with van der Waals surface area (Å²) in [5, 5.41) is 2.77. The quantitative estimate of drug-likeness (QED) is 0.187. The Morgan fingerprint density at radius 3 is 1.98 bits per heavy atom. The summed E-state index contributed by atoms with van der Waals surface area (Å²) in [6, 6.07) is 18.4. The number of halogens is 2. The van der Waals surface area contributed by atoms with Crippen molar-refractivity contribution in [3.63, 3.8) is 0 Å². The summed E-state index contributed by atoms with van der Waals surface area (Å²) >= 11 is 13.1. The molecule has 0 aliphatic rings. The Labute approximate surface area is 271 Å². The number of hydrogen-bond donors (Lipinski definition) is 1. The smallest absolute Gasteiger partial charge is 0.418 e. The van der Waals surface area contributed by atoms with E-state index in [-0.39, 0.29) is 22.0 Å². The van der Waals surface area contributed by atoms with Gasteiger partial charge in [0.05, 0.1) is 48.2 Å². The molecule has 0 unspecified atom stereocenters. The highest BCUT2D eigenvalue weighted by Gasteiger charge is 2.27. The van der Waals surface area contributed by atoms with Crippen LogP contribution in [-0.2, 0) is 20.7 Å². The Morgan fingerprint density at radius 1 is 0.844 bits per heavy atom. The highest BCUT2D eigenvalue weighted by atomic mass is 35.5. The maximum Gasteiger partial charge on any atom is 0.418 e. The van der Waals surface area contributed by atoms with Gasteiger partial charge in [0.1, 0.15) is 23.1 Å². The lowest BCUT2D eigenvalue weighted by molar-refractivity contribution is -0.142. The van der Waals surface area contributed by atoms with E-state index in [1.54, 1.807) is 53.3 Å². The normalized spacial score (nSPS) is 11.8. The van der Waals surface area contributed by atoms with Crippen molar-refractivity contribution < 1.29 is 33.3 Å². The van der Waals surface area contributed by atoms with Gasteiger partial charge >= 0.3 is 12.1 Å². The van der Waals surface area contributed by atoms with Gasteiger partial charge in [-0.1, -0.05) is 53.5 Å². The molecular weight excluding hydrogens is 619 g/mol. The monoisotopic (exact) mass is 652 g/mol. The minimum Gasteiger partial charge on any atom is -0.496 e. The molecule has 1 N–H and O–H groups in total. The van der Waals surface area contributed by atoms with Crippen molar-refractivity contribution in [3.8, 4) is 33.9 Å². The summed E-state index contributed by atoms with van der Waals surface area (Å²) in [7, 11) is 4.42. The van der Waals surface area contributed by atoms with Crippen LogP contribution in [0.3, 0.4) is 0 Å². The molecule has 0 spiro atoms. The molecule has 0 saturated carbocycles. The zero-order valence-electron chi connectivity index (χ0n) is 25.8. The topological polar surface area (TPSA) is 105 Å². The van der Waals surface area contributed by atoms with Crippen LogP contribution >= 0.6 is 23.2 Å². The number of carbonyl (C=O) groups is 3. The first kappa shape index (κ1) is 33.4. The molecule has 4 rings (SSSR count). The first-order chi connectivity index (χ1) is 21.4. The van der Waals surface area contributed by atoms with Crippen molar-refractivity contribution in [2.45, 2.75) is 38.8 Å². The second-order valence-corrected chi connectivity index (χ2v) is 11.9. The Hall–Kier alpha value is -4.47. The van der Waals surface area contributed by atoms with Gasteiger partial charge in [0.15, 0.2) is 0 Å². The van der Waals surface area contributed by atoms with Crippen LogP contribution < -0.4 is 14.8 Å². The third-order valence-electron chi connectivity index (χ3n) is 6.81. The second kappa shape index (κ2) is 14.1. The zero-order valence-corrected chi connectivity index (χ0v) is 27.3. The molecule has 1 heterocycles. The van der Waals surface area contributed by atoms with E-state index >= 15 is 0 Å². The van der Waals surface area contributed by atoms with Crippen molar-refractivity contribution >= 4 is 41.2 Å². The van der Waals surface area contributed by atoms with Gasteiger partial charge in [-0.05, 0) is 68.3 Å². The lowest BCUT2D eigenvalue weighted by Crippen LogP contribution is -2.43. The van der Waals surface area contributed by atoms with Crippen LogP contribution in [0.2, 0.25) is 10.0 Å². The molecule has 9 nitrogen and oxygen atoms in total. The molecule has 0 bridgehead atoms. The number of esters is 1. The number of nitrogens with zero attached hydrogens (tertiary/aromatic N) is 1. The average Bonchev–Trinajstić information content (AvgIpc) is 3.50. The highest BCUT2D eigenvalue weighted by molar-refractivity contribution is 6.40. The Bertz CT molecular complexity index is 1660. The van der Waals surface area contributed by atoms with Crippen LogP contribution in [0.1, 0.15) is 36.7 Å². The van der Waals surface area contributed by atoms with Gasteiger partial charge in [0, 0.05) is 18.2 Å². The molecule has 236 valence electrons. The van der Waals surface area contributed by atoms with Crippen molar-refractivity contribution in [1.29, 1.82) is 0 Å². The van der Waals surface area contributed by atoms with Crippen LogP contribution in [0.5, 0.6) is 11.5 Å². The average molecular weight is 654 g/mol. The Balaban J connectivity index is 1.56. The summed E-state index contributed by atoms with van der Waals surface area (Å²) in [4.78, 5) is 38.9. The van der Waals surface area contributed by atoms with Crippen LogP contribution in [0.15, 0.2) is 72.9 Å². The van der Waals surface area contributed by atoms with Gasteiger partial charge < -0.3 is 24.3 Å². The minimum atomic E-state index is -1.04. The van der Waals surface area contributed by atoms with E-state index in [0.717, 1.165) is 16.7 Å². The van der Waals surface area contributed by atoms with Crippen molar-refractivity contribution in [2.24, 2.45) is 0 Å².